The van der Waals surface area contributed by atoms with Gasteiger partial charge in [-0.25, -0.2) is 0 Å². The number of hydrogen-bond donors (Lipinski definition) is 1. The van der Waals surface area contributed by atoms with Crippen molar-refractivity contribution >= 4 is 5.91 Å². The molecule has 1 aliphatic heterocycles. The maximum atomic E-state index is 11.9. The maximum absolute atomic E-state index is 11.9. The second-order valence-electron chi connectivity index (χ2n) is 5.01. The summed E-state index contributed by atoms with van der Waals surface area (Å²) < 4.78 is 5.54. The highest BCUT2D eigenvalue weighted by atomic mass is 16.5. The predicted octanol–water partition coefficient (Wildman–Crippen LogP) is 1.16. The zero-order chi connectivity index (χ0) is 12.1. The molecule has 1 heterocycles. The number of likely N-dealkylation sites (N-methyl/N-ethyl adjacent to an activating group) is 1. The minimum atomic E-state index is 0.252. The fourth-order valence-corrected chi connectivity index (χ4v) is 2.46. The molecule has 0 aromatic heterocycles. The van der Waals surface area contributed by atoms with Gasteiger partial charge in [0.15, 0.2) is 0 Å². The fourth-order valence-electron chi connectivity index (χ4n) is 2.46. The van der Waals surface area contributed by atoms with Crippen LogP contribution in [0.2, 0.25) is 0 Å². The van der Waals surface area contributed by atoms with Crippen LogP contribution in [0.5, 0.6) is 0 Å². The van der Waals surface area contributed by atoms with Crippen LogP contribution in [0, 0.1) is 0 Å². The number of nitrogens with zero attached hydrogens (tertiary/aromatic N) is 1. The molecule has 17 heavy (non-hydrogen) atoms. The smallest absolute Gasteiger partial charge is 0.236 e. The second-order valence-corrected chi connectivity index (χ2v) is 5.01. The highest BCUT2D eigenvalue weighted by Crippen LogP contribution is 2.26. The molecule has 2 fully saturated rings. The third kappa shape index (κ3) is 3.96. The molecular weight excluding hydrogens is 216 g/mol. The van der Waals surface area contributed by atoms with E-state index >= 15 is 0 Å². The normalized spacial score (nSPS) is 23.9. The number of ether oxygens (including phenoxy) is 1. The van der Waals surface area contributed by atoms with Gasteiger partial charge in [-0.1, -0.05) is 0 Å². The Morgan fingerprint density at radius 1 is 1.41 bits per heavy atom. The summed E-state index contributed by atoms with van der Waals surface area (Å²) in [7, 11) is 0. The summed E-state index contributed by atoms with van der Waals surface area (Å²) in [5.41, 5.74) is 0. The van der Waals surface area contributed by atoms with Crippen molar-refractivity contribution in [3.63, 3.8) is 0 Å². The zero-order valence-corrected chi connectivity index (χ0v) is 10.8. The summed E-state index contributed by atoms with van der Waals surface area (Å²) in [6.45, 7) is 5.18. The number of carbonyl (C=O) groups excluding carboxylic acids is 1. The van der Waals surface area contributed by atoms with Crippen molar-refractivity contribution in [3.05, 3.63) is 0 Å². The number of rotatable bonds is 7. The van der Waals surface area contributed by atoms with Gasteiger partial charge in [0.2, 0.25) is 5.91 Å². The second kappa shape index (κ2) is 6.36. The molecule has 1 aliphatic carbocycles. The Morgan fingerprint density at radius 3 is 2.82 bits per heavy atom. The molecule has 0 spiro atoms. The van der Waals surface area contributed by atoms with E-state index in [9.17, 15) is 4.79 Å². The summed E-state index contributed by atoms with van der Waals surface area (Å²) in [6.07, 6.45) is 6.20. The number of amides is 1. The summed E-state index contributed by atoms with van der Waals surface area (Å²) >= 11 is 0. The summed E-state index contributed by atoms with van der Waals surface area (Å²) in [4.78, 5) is 13.9. The molecule has 2 aliphatic rings. The lowest BCUT2D eigenvalue weighted by Gasteiger charge is -2.20. The standard InChI is InChI=1S/C13H24N2O2/c1-2-15(11-5-6-11)13(16)10-14-8-7-12-4-3-9-17-12/h11-12,14H,2-10H2,1H3. The van der Waals surface area contributed by atoms with E-state index in [4.69, 9.17) is 4.74 Å². The first-order chi connectivity index (χ1) is 8.31. The first-order valence-electron chi connectivity index (χ1n) is 6.93. The van der Waals surface area contributed by atoms with Gasteiger partial charge in [-0.05, 0) is 45.6 Å². The van der Waals surface area contributed by atoms with Gasteiger partial charge in [0.25, 0.3) is 0 Å². The lowest BCUT2D eigenvalue weighted by Crippen LogP contribution is -2.40. The minimum absolute atomic E-state index is 0.252. The number of hydrogen-bond acceptors (Lipinski definition) is 3. The molecule has 4 nitrogen and oxygen atoms in total. The van der Waals surface area contributed by atoms with Crippen molar-refractivity contribution in [2.24, 2.45) is 0 Å². The third-order valence-electron chi connectivity index (χ3n) is 3.59. The van der Waals surface area contributed by atoms with Crippen molar-refractivity contribution in [2.75, 3.05) is 26.2 Å². The molecule has 2 rings (SSSR count). The van der Waals surface area contributed by atoms with Crippen LogP contribution in [0.15, 0.2) is 0 Å². The van der Waals surface area contributed by atoms with Gasteiger partial charge in [0, 0.05) is 19.2 Å². The molecule has 0 radical (unpaired) electrons. The van der Waals surface area contributed by atoms with Crippen molar-refractivity contribution in [3.8, 4) is 0 Å². The Morgan fingerprint density at radius 2 is 2.24 bits per heavy atom. The van der Waals surface area contributed by atoms with Gasteiger partial charge in [0.05, 0.1) is 12.6 Å². The van der Waals surface area contributed by atoms with Crippen molar-refractivity contribution in [1.82, 2.24) is 10.2 Å². The van der Waals surface area contributed by atoms with Crippen LogP contribution in [-0.4, -0.2) is 49.2 Å². The van der Waals surface area contributed by atoms with Crippen LogP contribution in [0.4, 0.5) is 0 Å². The van der Waals surface area contributed by atoms with E-state index in [2.05, 4.69) is 12.2 Å². The van der Waals surface area contributed by atoms with E-state index in [-0.39, 0.29) is 5.91 Å². The average molecular weight is 240 g/mol. The SMILES string of the molecule is CCN(C(=O)CNCCC1CCCO1)C1CC1. The Hall–Kier alpha value is -0.610. The van der Waals surface area contributed by atoms with Crippen LogP contribution in [0.25, 0.3) is 0 Å². The molecule has 1 saturated heterocycles. The Labute approximate surface area is 104 Å². The first-order valence-corrected chi connectivity index (χ1v) is 6.93. The van der Waals surface area contributed by atoms with Gasteiger partial charge < -0.3 is 15.0 Å². The highest BCUT2D eigenvalue weighted by Gasteiger charge is 2.30. The third-order valence-corrected chi connectivity index (χ3v) is 3.59. The largest absolute Gasteiger partial charge is 0.378 e. The Kier molecular flexibility index (Phi) is 4.80. The first kappa shape index (κ1) is 12.8. The average Bonchev–Trinajstić information content (AvgIpc) is 3.02. The van der Waals surface area contributed by atoms with E-state index in [1.54, 1.807) is 0 Å². The van der Waals surface area contributed by atoms with E-state index < -0.39 is 0 Å². The maximum Gasteiger partial charge on any atom is 0.236 e. The summed E-state index contributed by atoms with van der Waals surface area (Å²) in [5.74, 6) is 0.252. The van der Waals surface area contributed by atoms with Gasteiger partial charge in [-0.15, -0.1) is 0 Å². The molecule has 98 valence electrons. The minimum Gasteiger partial charge on any atom is -0.378 e. The van der Waals surface area contributed by atoms with E-state index in [0.717, 1.165) is 26.1 Å². The quantitative estimate of drug-likeness (QED) is 0.679. The molecule has 0 bridgehead atoms. The predicted molar refractivity (Wildman–Crippen MR) is 66.9 cm³/mol. The van der Waals surface area contributed by atoms with Gasteiger partial charge >= 0.3 is 0 Å². The van der Waals surface area contributed by atoms with E-state index in [1.165, 1.54) is 25.7 Å². The molecule has 0 aromatic rings. The summed E-state index contributed by atoms with van der Waals surface area (Å²) in [5, 5.41) is 3.24. The molecule has 0 aromatic carbocycles. The molecular formula is C13H24N2O2. The van der Waals surface area contributed by atoms with Gasteiger partial charge in [0.1, 0.15) is 0 Å². The van der Waals surface area contributed by atoms with E-state index in [1.807, 2.05) is 4.90 Å². The number of nitrogens with one attached hydrogen (secondary N) is 1. The lowest BCUT2D eigenvalue weighted by atomic mass is 10.2. The molecule has 1 N–H and O–H groups in total. The molecule has 1 saturated carbocycles. The lowest BCUT2D eigenvalue weighted by molar-refractivity contribution is -0.130. The van der Waals surface area contributed by atoms with Crippen LogP contribution in [-0.2, 0) is 9.53 Å². The van der Waals surface area contributed by atoms with Crippen molar-refractivity contribution < 1.29 is 9.53 Å². The van der Waals surface area contributed by atoms with Gasteiger partial charge in [-0.2, -0.15) is 0 Å². The van der Waals surface area contributed by atoms with Crippen LogP contribution in [0.1, 0.15) is 39.0 Å². The van der Waals surface area contributed by atoms with Crippen LogP contribution >= 0.6 is 0 Å². The Bertz CT molecular complexity index is 248. The van der Waals surface area contributed by atoms with Crippen LogP contribution < -0.4 is 5.32 Å². The molecule has 1 unspecified atom stereocenters. The monoisotopic (exact) mass is 240 g/mol. The Balaban J connectivity index is 1.55. The highest BCUT2D eigenvalue weighted by molar-refractivity contribution is 5.78. The summed E-state index contributed by atoms with van der Waals surface area (Å²) in [6, 6.07) is 0.535. The van der Waals surface area contributed by atoms with Crippen molar-refractivity contribution in [1.29, 1.82) is 0 Å². The number of carbonyl (C=O) groups is 1. The zero-order valence-electron chi connectivity index (χ0n) is 10.8. The molecule has 4 heteroatoms. The van der Waals surface area contributed by atoms with Gasteiger partial charge in [-0.3, -0.25) is 4.79 Å². The van der Waals surface area contributed by atoms with Crippen LogP contribution in [0.3, 0.4) is 0 Å². The topological polar surface area (TPSA) is 41.6 Å². The molecule has 1 amide bonds. The van der Waals surface area contributed by atoms with Crippen molar-refractivity contribution in [2.45, 2.75) is 51.2 Å². The van der Waals surface area contributed by atoms with E-state index in [0.29, 0.717) is 18.7 Å². The molecule has 1 atom stereocenters. The fraction of sp³-hybridized carbons (Fsp3) is 0.923.